The van der Waals surface area contributed by atoms with Gasteiger partial charge in [-0.3, -0.25) is 0 Å². The second-order valence-corrected chi connectivity index (χ2v) is 3.30. The molecule has 1 aromatic carbocycles. The molecule has 14 heavy (non-hydrogen) atoms. The third-order valence-corrected chi connectivity index (χ3v) is 2.19. The van der Waals surface area contributed by atoms with Gasteiger partial charge in [-0.1, -0.05) is 17.7 Å². The van der Waals surface area contributed by atoms with Crippen molar-refractivity contribution >= 4 is 5.90 Å². The van der Waals surface area contributed by atoms with E-state index in [2.05, 4.69) is 11.9 Å². The highest BCUT2D eigenvalue weighted by Crippen LogP contribution is 2.12. The van der Waals surface area contributed by atoms with Gasteiger partial charge in [0.2, 0.25) is 5.90 Å². The first kappa shape index (κ1) is 9.21. The number of methoxy groups -OCH3 is 1. The van der Waals surface area contributed by atoms with E-state index < -0.39 is 0 Å². The fourth-order valence-electron chi connectivity index (χ4n) is 1.33. The molecule has 1 unspecified atom stereocenters. The molecule has 0 aliphatic carbocycles. The summed E-state index contributed by atoms with van der Waals surface area (Å²) in [6, 6.07) is 8.10. The summed E-state index contributed by atoms with van der Waals surface area (Å²) in [6.07, 6.45) is -0.147. The van der Waals surface area contributed by atoms with Gasteiger partial charge in [0.05, 0.1) is 0 Å². The van der Waals surface area contributed by atoms with E-state index in [1.54, 1.807) is 7.11 Å². The van der Waals surface area contributed by atoms with Crippen LogP contribution < -0.4 is 0 Å². The fraction of sp³-hybridized carbons (Fsp3) is 0.364. The second kappa shape index (κ2) is 3.80. The molecule has 0 bridgehead atoms. The Labute approximate surface area is 83.4 Å². The Balaban J connectivity index is 2.20. The number of aliphatic imine (C=N–C) groups is 1. The molecule has 1 heterocycles. The lowest BCUT2D eigenvalue weighted by atomic mass is 10.1. The monoisotopic (exact) mass is 191 g/mol. The Morgan fingerprint density at radius 1 is 1.36 bits per heavy atom. The highest BCUT2D eigenvalue weighted by atomic mass is 16.6. The third-order valence-electron chi connectivity index (χ3n) is 2.19. The van der Waals surface area contributed by atoms with E-state index >= 15 is 0 Å². The summed E-state index contributed by atoms with van der Waals surface area (Å²) in [4.78, 5) is 4.28. The maximum Gasteiger partial charge on any atom is 0.218 e. The Morgan fingerprint density at radius 2 is 2.07 bits per heavy atom. The molecule has 0 N–H and O–H groups in total. The van der Waals surface area contributed by atoms with Crippen molar-refractivity contribution in [2.45, 2.75) is 13.2 Å². The zero-order chi connectivity index (χ0) is 9.97. The molecular weight excluding hydrogens is 178 g/mol. The summed E-state index contributed by atoms with van der Waals surface area (Å²) in [6.45, 7) is 2.57. The van der Waals surface area contributed by atoms with Crippen LogP contribution in [0.5, 0.6) is 0 Å². The van der Waals surface area contributed by atoms with Crippen molar-refractivity contribution < 1.29 is 9.47 Å². The molecule has 1 aromatic rings. The van der Waals surface area contributed by atoms with Gasteiger partial charge in [0.15, 0.2) is 6.23 Å². The Hall–Kier alpha value is -1.35. The molecule has 0 radical (unpaired) electrons. The van der Waals surface area contributed by atoms with Crippen LogP contribution in [0.25, 0.3) is 0 Å². The predicted molar refractivity (Wildman–Crippen MR) is 54.5 cm³/mol. The molecule has 3 heteroatoms. The van der Waals surface area contributed by atoms with Crippen molar-refractivity contribution in [3.8, 4) is 0 Å². The average molecular weight is 191 g/mol. The van der Waals surface area contributed by atoms with Gasteiger partial charge in [-0.15, -0.1) is 0 Å². The highest BCUT2D eigenvalue weighted by molar-refractivity contribution is 5.95. The van der Waals surface area contributed by atoms with Crippen LogP contribution in [0.15, 0.2) is 29.3 Å². The Morgan fingerprint density at radius 3 is 2.64 bits per heavy atom. The van der Waals surface area contributed by atoms with Crippen LogP contribution in [0.3, 0.4) is 0 Å². The fourth-order valence-corrected chi connectivity index (χ4v) is 1.33. The van der Waals surface area contributed by atoms with Gasteiger partial charge in [-0.05, 0) is 19.1 Å². The molecule has 0 fully saturated rings. The largest absolute Gasteiger partial charge is 0.473 e. The summed E-state index contributed by atoms with van der Waals surface area (Å²) >= 11 is 0. The van der Waals surface area contributed by atoms with Gasteiger partial charge < -0.3 is 9.47 Å². The first-order valence-corrected chi connectivity index (χ1v) is 4.60. The molecule has 0 amide bonds. The lowest BCUT2D eigenvalue weighted by Crippen LogP contribution is -2.07. The zero-order valence-corrected chi connectivity index (χ0v) is 8.36. The molecule has 3 nitrogen and oxygen atoms in total. The van der Waals surface area contributed by atoms with Crippen LogP contribution in [0.1, 0.15) is 11.1 Å². The highest BCUT2D eigenvalue weighted by Gasteiger charge is 2.18. The Kier molecular flexibility index (Phi) is 2.50. The van der Waals surface area contributed by atoms with Crippen LogP contribution in [0.2, 0.25) is 0 Å². The van der Waals surface area contributed by atoms with Gasteiger partial charge in [0, 0.05) is 12.7 Å². The molecule has 74 valence electrons. The van der Waals surface area contributed by atoms with Crippen LogP contribution >= 0.6 is 0 Å². The van der Waals surface area contributed by atoms with Crippen LogP contribution in [0, 0.1) is 6.92 Å². The van der Waals surface area contributed by atoms with Crippen molar-refractivity contribution in [2.75, 3.05) is 13.7 Å². The second-order valence-electron chi connectivity index (χ2n) is 3.30. The van der Waals surface area contributed by atoms with Crippen LogP contribution in [-0.2, 0) is 9.47 Å². The molecule has 1 aliphatic rings. The molecule has 0 saturated heterocycles. The minimum absolute atomic E-state index is 0.147. The van der Waals surface area contributed by atoms with Gasteiger partial charge in [-0.2, -0.15) is 0 Å². The van der Waals surface area contributed by atoms with Gasteiger partial charge >= 0.3 is 0 Å². The van der Waals surface area contributed by atoms with E-state index in [9.17, 15) is 0 Å². The van der Waals surface area contributed by atoms with E-state index in [1.165, 1.54) is 5.56 Å². The van der Waals surface area contributed by atoms with Crippen molar-refractivity contribution in [3.05, 3.63) is 35.4 Å². The minimum Gasteiger partial charge on any atom is -0.473 e. The molecule has 1 aliphatic heterocycles. The van der Waals surface area contributed by atoms with Gasteiger partial charge in [0.1, 0.15) is 6.61 Å². The first-order valence-electron chi connectivity index (χ1n) is 4.60. The molecule has 1 atom stereocenters. The van der Waals surface area contributed by atoms with Crippen molar-refractivity contribution in [3.63, 3.8) is 0 Å². The quantitative estimate of drug-likeness (QED) is 0.713. The number of benzene rings is 1. The number of nitrogens with zero attached hydrogens (tertiary/aromatic N) is 1. The summed E-state index contributed by atoms with van der Waals surface area (Å²) in [5.41, 5.74) is 2.24. The Bertz CT molecular complexity index is 343. The van der Waals surface area contributed by atoms with Crippen LogP contribution in [-0.4, -0.2) is 25.8 Å². The third kappa shape index (κ3) is 1.77. The molecule has 0 spiro atoms. The van der Waals surface area contributed by atoms with Gasteiger partial charge in [-0.25, -0.2) is 4.99 Å². The summed E-state index contributed by atoms with van der Waals surface area (Å²) < 4.78 is 10.5. The van der Waals surface area contributed by atoms with E-state index in [-0.39, 0.29) is 6.23 Å². The van der Waals surface area contributed by atoms with Crippen molar-refractivity contribution in [1.82, 2.24) is 0 Å². The smallest absolute Gasteiger partial charge is 0.218 e. The number of ether oxygens (including phenoxy) is 2. The number of aryl methyl sites for hydroxylation is 1. The summed E-state index contributed by atoms with van der Waals surface area (Å²) in [7, 11) is 1.63. The minimum atomic E-state index is -0.147. The standard InChI is InChI=1S/C11H13NO2/c1-8-3-5-9(6-4-8)11-12-10(13-2)7-14-11/h3-6,10H,7H2,1-2H3. The maximum atomic E-state index is 5.41. The van der Waals surface area contributed by atoms with Crippen molar-refractivity contribution in [2.24, 2.45) is 4.99 Å². The maximum absolute atomic E-state index is 5.41. The summed E-state index contributed by atoms with van der Waals surface area (Å²) in [5, 5.41) is 0. The topological polar surface area (TPSA) is 30.8 Å². The molecule has 0 aromatic heterocycles. The SMILES string of the molecule is COC1COC(c2ccc(C)cc2)=N1. The average Bonchev–Trinajstić information content (AvgIpc) is 2.67. The number of rotatable bonds is 2. The number of hydrogen-bond donors (Lipinski definition) is 0. The molecular formula is C11H13NO2. The normalized spacial score (nSPS) is 20.4. The van der Waals surface area contributed by atoms with E-state index in [1.807, 2.05) is 24.3 Å². The van der Waals surface area contributed by atoms with Crippen LogP contribution in [0.4, 0.5) is 0 Å². The van der Waals surface area contributed by atoms with Crippen molar-refractivity contribution in [1.29, 1.82) is 0 Å². The van der Waals surface area contributed by atoms with E-state index in [0.717, 1.165) is 5.56 Å². The summed E-state index contributed by atoms with van der Waals surface area (Å²) in [5.74, 6) is 0.678. The predicted octanol–water partition coefficient (Wildman–Crippen LogP) is 1.74. The number of hydrogen-bond acceptors (Lipinski definition) is 3. The lowest BCUT2D eigenvalue weighted by molar-refractivity contribution is 0.0833. The van der Waals surface area contributed by atoms with Gasteiger partial charge in [0.25, 0.3) is 0 Å². The zero-order valence-electron chi connectivity index (χ0n) is 8.36. The van der Waals surface area contributed by atoms with E-state index in [4.69, 9.17) is 9.47 Å². The first-order chi connectivity index (χ1) is 6.79. The molecule has 2 rings (SSSR count). The lowest BCUT2D eigenvalue weighted by Gasteiger charge is -2.00. The molecule has 0 saturated carbocycles. The van der Waals surface area contributed by atoms with E-state index in [0.29, 0.717) is 12.5 Å².